The first-order valence-electron chi connectivity index (χ1n) is 7.96. The zero-order chi connectivity index (χ0) is 15.3. The van der Waals surface area contributed by atoms with Crippen molar-refractivity contribution in [3.8, 4) is 0 Å². The molecule has 1 unspecified atom stereocenters. The summed E-state index contributed by atoms with van der Waals surface area (Å²) < 4.78 is 24.8. The van der Waals surface area contributed by atoms with Gasteiger partial charge in [0.15, 0.2) is 0 Å². The van der Waals surface area contributed by atoms with Gasteiger partial charge in [0.25, 0.3) is 0 Å². The molecule has 0 aromatic heterocycles. The van der Waals surface area contributed by atoms with E-state index in [0.29, 0.717) is 13.0 Å². The van der Waals surface area contributed by atoms with Crippen molar-refractivity contribution < 1.29 is 13.2 Å². The molecule has 2 saturated heterocycles. The van der Waals surface area contributed by atoms with Crippen LogP contribution in [0.4, 0.5) is 0 Å². The van der Waals surface area contributed by atoms with Crippen molar-refractivity contribution in [2.75, 3.05) is 25.9 Å². The summed E-state index contributed by atoms with van der Waals surface area (Å²) in [4.78, 5) is 14.6. The number of piperidine rings is 2. The van der Waals surface area contributed by atoms with Gasteiger partial charge in [-0.2, -0.15) is 0 Å². The van der Waals surface area contributed by atoms with Crippen LogP contribution in [-0.2, 0) is 14.8 Å². The highest BCUT2D eigenvalue weighted by atomic mass is 32.2. The van der Waals surface area contributed by atoms with Gasteiger partial charge in [0.1, 0.15) is 0 Å². The van der Waals surface area contributed by atoms with E-state index in [0.717, 1.165) is 51.6 Å². The van der Waals surface area contributed by atoms with E-state index in [4.69, 9.17) is 0 Å². The van der Waals surface area contributed by atoms with Gasteiger partial charge >= 0.3 is 0 Å². The Hall–Kier alpha value is -0.660. The summed E-state index contributed by atoms with van der Waals surface area (Å²) in [5.41, 5.74) is 0. The summed E-state index contributed by atoms with van der Waals surface area (Å²) in [7, 11) is -3.15. The Morgan fingerprint density at radius 2 is 2.00 bits per heavy atom. The number of rotatable bonds is 5. The number of hydrogen-bond donors (Lipinski definition) is 2. The van der Waals surface area contributed by atoms with Crippen LogP contribution in [0.25, 0.3) is 0 Å². The molecule has 2 heterocycles. The van der Waals surface area contributed by atoms with E-state index < -0.39 is 10.0 Å². The van der Waals surface area contributed by atoms with Gasteiger partial charge in [-0.05, 0) is 45.1 Å². The van der Waals surface area contributed by atoms with Crippen molar-refractivity contribution in [2.45, 2.75) is 57.0 Å². The molecule has 2 aliphatic rings. The summed E-state index contributed by atoms with van der Waals surface area (Å²) in [6, 6.07) is 0.131. The SMILES string of the molecule is CS(=O)(=O)NCCC1CCCCN1C(=O)[C@H]1CCCCN1. The molecule has 0 aromatic rings. The van der Waals surface area contributed by atoms with Gasteiger partial charge in [-0.1, -0.05) is 6.42 Å². The molecule has 6 nitrogen and oxygen atoms in total. The van der Waals surface area contributed by atoms with Crippen LogP contribution in [0.5, 0.6) is 0 Å². The molecule has 0 radical (unpaired) electrons. The maximum Gasteiger partial charge on any atom is 0.239 e. The van der Waals surface area contributed by atoms with E-state index in [1.807, 2.05) is 4.90 Å². The molecule has 2 aliphatic heterocycles. The molecule has 2 rings (SSSR count). The first-order chi connectivity index (χ1) is 9.97. The molecular weight excluding hydrogens is 290 g/mol. The molecule has 0 bridgehead atoms. The van der Waals surface area contributed by atoms with Crippen LogP contribution in [0.1, 0.15) is 44.9 Å². The molecule has 122 valence electrons. The van der Waals surface area contributed by atoms with Gasteiger partial charge in [-0.15, -0.1) is 0 Å². The number of hydrogen-bond acceptors (Lipinski definition) is 4. The number of carbonyl (C=O) groups is 1. The van der Waals surface area contributed by atoms with Gasteiger partial charge in [0.05, 0.1) is 12.3 Å². The van der Waals surface area contributed by atoms with Crippen molar-refractivity contribution in [3.05, 3.63) is 0 Å². The Kier molecular flexibility index (Phi) is 6.01. The van der Waals surface area contributed by atoms with Crippen LogP contribution in [0, 0.1) is 0 Å². The van der Waals surface area contributed by atoms with Crippen molar-refractivity contribution in [3.63, 3.8) is 0 Å². The number of carbonyl (C=O) groups excluding carboxylic acids is 1. The van der Waals surface area contributed by atoms with Crippen LogP contribution in [0.2, 0.25) is 0 Å². The van der Waals surface area contributed by atoms with E-state index in [-0.39, 0.29) is 18.0 Å². The number of sulfonamides is 1. The van der Waals surface area contributed by atoms with Crippen LogP contribution < -0.4 is 10.0 Å². The summed E-state index contributed by atoms with van der Waals surface area (Å²) in [6.45, 7) is 2.14. The quantitative estimate of drug-likeness (QED) is 0.772. The Labute approximate surface area is 127 Å². The van der Waals surface area contributed by atoms with Crippen molar-refractivity contribution >= 4 is 15.9 Å². The van der Waals surface area contributed by atoms with Gasteiger partial charge < -0.3 is 10.2 Å². The average Bonchev–Trinajstić information content (AvgIpc) is 2.47. The van der Waals surface area contributed by atoms with Crippen molar-refractivity contribution in [1.82, 2.24) is 14.9 Å². The molecule has 2 fully saturated rings. The molecule has 2 N–H and O–H groups in total. The Bertz CT molecular complexity index is 446. The predicted molar refractivity (Wildman–Crippen MR) is 82.5 cm³/mol. The second-order valence-corrected chi connectivity index (χ2v) is 7.97. The topological polar surface area (TPSA) is 78.5 Å². The third-order valence-corrected chi connectivity index (χ3v) is 5.09. The van der Waals surface area contributed by atoms with E-state index in [1.165, 1.54) is 6.26 Å². The molecule has 21 heavy (non-hydrogen) atoms. The molecule has 0 saturated carbocycles. The number of likely N-dealkylation sites (tertiary alicyclic amines) is 1. The smallest absolute Gasteiger partial charge is 0.239 e. The zero-order valence-electron chi connectivity index (χ0n) is 12.8. The monoisotopic (exact) mass is 317 g/mol. The minimum atomic E-state index is -3.15. The third-order valence-electron chi connectivity index (χ3n) is 4.36. The molecule has 0 aliphatic carbocycles. The molecular formula is C14H27N3O3S. The standard InChI is InChI=1S/C14H27N3O3S/c1-21(19,20)16-10-8-12-6-3-5-11-17(12)14(18)13-7-2-4-9-15-13/h12-13,15-16H,2-11H2,1H3/t12?,13-/m1/s1. The Morgan fingerprint density at radius 3 is 2.67 bits per heavy atom. The van der Waals surface area contributed by atoms with Gasteiger partial charge in [-0.25, -0.2) is 13.1 Å². The minimum Gasteiger partial charge on any atom is -0.338 e. The van der Waals surface area contributed by atoms with Crippen LogP contribution >= 0.6 is 0 Å². The summed E-state index contributed by atoms with van der Waals surface area (Å²) in [6.07, 6.45) is 8.19. The van der Waals surface area contributed by atoms with E-state index in [9.17, 15) is 13.2 Å². The fourth-order valence-electron chi connectivity index (χ4n) is 3.26. The van der Waals surface area contributed by atoms with Gasteiger partial charge in [0, 0.05) is 19.1 Å². The lowest BCUT2D eigenvalue weighted by molar-refractivity contribution is -0.137. The normalized spacial score (nSPS) is 27.6. The van der Waals surface area contributed by atoms with E-state index >= 15 is 0 Å². The minimum absolute atomic E-state index is 0.0396. The third kappa shape index (κ3) is 5.23. The Balaban J connectivity index is 1.89. The van der Waals surface area contributed by atoms with Crippen LogP contribution in [-0.4, -0.2) is 57.2 Å². The summed E-state index contributed by atoms with van der Waals surface area (Å²) in [5.74, 6) is 0.207. The Morgan fingerprint density at radius 1 is 1.24 bits per heavy atom. The first-order valence-corrected chi connectivity index (χ1v) is 9.85. The van der Waals surface area contributed by atoms with Gasteiger partial charge in [0.2, 0.25) is 15.9 Å². The maximum absolute atomic E-state index is 12.6. The molecule has 0 aromatic carbocycles. The number of nitrogens with one attached hydrogen (secondary N) is 2. The van der Waals surface area contributed by atoms with Crippen molar-refractivity contribution in [1.29, 1.82) is 0 Å². The molecule has 7 heteroatoms. The lowest BCUT2D eigenvalue weighted by Gasteiger charge is -2.39. The van der Waals surface area contributed by atoms with E-state index in [1.54, 1.807) is 0 Å². The van der Waals surface area contributed by atoms with Crippen LogP contribution in [0.15, 0.2) is 0 Å². The van der Waals surface area contributed by atoms with Gasteiger partial charge in [-0.3, -0.25) is 4.79 Å². The molecule has 2 atom stereocenters. The largest absolute Gasteiger partial charge is 0.338 e. The number of nitrogens with zero attached hydrogens (tertiary/aromatic N) is 1. The summed E-state index contributed by atoms with van der Waals surface area (Å²) >= 11 is 0. The number of amides is 1. The van der Waals surface area contributed by atoms with E-state index in [2.05, 4.69) is 10.0 Å². The average molecular weight is 317 g/mol. The molecule has 0 spiro atoms. The highest BCUT2D eigenvalue weighted by Gasteiger charge is 2.31. The van der Waals surface area contributed by atoms with Crippen molar-refractivity contribution in [2.24, 2.45) is 0 Å². The zero-order valence-corrected chi connectivity index (χ0v) is 13.6. The first kappa shape index (κ1) is 16.7. The lowest BCUT2D eigenvalue weighted by atomic mass is 9.96. The fourth-order valence-corrected chi connectivity index (χ4v) is 3.75. The highest BCUT2D eigenvalue weighted by molar-refractivity contribution is 7.88. The maximum atomic E-state index is 12.6. The summed E-state index contributed by atoms with van der Waals surface area (Å²) in [5, 5.41) is 3.31. The lowest BCUT2D eigenvalue weighted by Crippen LogP contribution is -2.53. The second kappa shape index (κ2) is 7.56. The highest BCUT2D eigenvalue weighted by Crippen LogP contribution is 2.22. The molecule has 1 amide bonds. The second-order valence-electron chi connectivity index (χ2n) is 6.14. The predicted octanol–water partition coefficient (Wildman–Crippen LogP) is 0.449. The van der Waals surface area contributed by atoms with Crippen LogP contribution in [0.3, 0.4) is 0 Å². The fraction of sp³-hybridized carbons (Fsp3) is 0.929.